The number of likely N-dealkylation sites (tertiary alicyclic amines) is 1. The lowest BCUT2D eigenvalue weighted by Gasteiger charge is -2.41. The number of imidazole rings is 2. The third-order valence-electron chi connectivity index (χ3n) is 9.62. The SMILES string of the molecule is COc1ccc2nc(C(F)(F)F)n(CC(=O)N3CCN(CC4CCN(C(C)=O)C4)C[C@H]3c3ncc(-c4cc5ccccc5nc4OC)[nH]3)c2c1. The van der Waals surface area contributed by atoms with Crippen LogP contribution in [0.25, 0.3) is 33.2 Å². The van der Waals surface area contributed by atoms with Crippen molar-refractivity contribution in [1.29, 1.82) is 0 Å². The average molecular weight is 691 g/mol. The molecule has 2 aliphatic heterocycles. The Hall–Kier alpha value is -5.18. The highest BCUT2D eigenvalue weighted by molar-refractivity contribution is 5.86. The zero-order chi connectivity index (χ0) is 35.2. The third-order valence-corrected chi connectivity index (χ3v) is 9.62. The fourth-order valence-corrected chi connectivity index (χ4v) is 7.09. The van der Waals surface area contributed by atoms with Gasteiger partial charge in [-0.3, -0.25) is 14.5 Å². The zero-order valence-corrected chi connectivity index (χ0v) is 27.9. The molecule has 2 aromatic carbocycles. The number of carbonyl (C=O) groups excluding carboxylic acids is 2. The number of H-pyrrole nitrogens is 1. The number of aromatic amines is 1. The largest absolute Gasteiger partial charge is 0.497 e. The van der Waals surface area contributed by atoms with Gasteiger partial charge in [-0.15, -0.1) is 0 Å². The maximum atomic E-state index is 14.2. The summed E-state index contributed by atoms with van der Waals surface area (Å²) in [4.78, 5) is 48.4. The molecule has 2 fully saturated rings. The Bertz CT molecular complexity index is 2060. The van der Waals surface area contributed by atoms with Crippen LogP contribution in [0.1, 0.15) is 31.0 Å². The summed E-state index contributed by atoms with van der Waals surface area (Å²) >= 11 is 0. The van der Waals surface area contributed by atoms with Gasteiger partial charge in [-0.2, -0.15) is 13.2 Å². The molecule has 12 nitrogen and oxygen atoms in total. The van der Waals surface area contributed by atoms with E-state index in [0.29, 0.717) is 61.4 Å². The summed E-state index contributed by atoms with van der Waals surface area (Å²) in [6.07, 6.45) is -2.26. The van der Waals surface area contributed by atoms with Crippen LogP contribution in [-0.4, -0.2) is 105 Å². The second kappa shape index (κ2) is 13.3. The van der Waals surface area contributed by atoms with Gasteiger partial charge in [0, 0.05) is 57.6 Å². The van der Waals surface area contributed by atoms with E-state index >= 15 is 0 Å². The minimum absolute atomic E-state index is 0.0467. The number of methoxy groups -OCH3 is 2. The second-order valence-corrected chi connectivity index (χ2v) is 12.8. The molecule has 15 heteroatoms. The molecule has 2 saturated heterocycles. The highest BCUT2D eigenvalue weighted by Crippen LogP contribution is 2.35. The number of rotatable bonds is 8. The number of nitrogens with one attached hydrogen (secondary N) is 1. The number of alkyl halides is 3. The Kier molecular flexibility index (Phi) is 8.84. The highest BCUT2D eigenvalue weighted by atomic mass is 19.4. The van der Waals surface area contributed by atoms with Crippen LogP contribution in [0.2, 0.25) is 0 Å². The van der Waals surface area contributed by atoms with Crippen LogP contribution in [0, 0.1) is 5.92 Å². The molecule has 7 rings (SSSR count). The number of fused-ring (bicyclic) bond motifs is 2. The smallest absolute Gasteiger partial charge is 0.449 e. The van der Waals surface area contributed by atoms with Crippen LogP contribution in [-0.2, 0) is 22.3 Å². The number of halogens is 3. The van der Waals surface area contributed by atoms with E-state index in [1.54, 1.807) is 18.0 Å². The minimum Gasteiger partial charge on any atom is -0.497 e. The van der Waals surface area contributed by atoms with E-state index in [2.05, 4.69) is 19.9 Å². The predicted molar refractivity (Wildman–Crippen MR) is 178 cm³/mol. The van der Waals surface area contributed by atoms with Gasteiger partial charge in [0.2, 0.25) is 23.5 Å². The van der Waals surface area contributed by atoms with Gasteiger partial charge in [0.25, 0.3) is 0 Å². The molecular weight excluding hydrogens is 653 g/mol. The molecule has 2 amide bonds. The lowest BCUT2D eigenvalue weighted by Crippen LogP contribution is -2.52. The lowest BCUT2D eigenvalue weighted by molar-refractivity contribution is -0.148. The molecule has 1 unspecified atom stereocenters. The number of para-hydroxylation sites is 1. The molecule has 0 aliphatic carbocycles. The predicted octanol–water partition coefficient (Wildman–Crippen LogP) is 4.76. The topological polar surface area (TPSA) is 122 Å². The summed E-state index contributed by atoms with van der Waals surface area (Å²) < 4.78 is 54.5. The van der Waals surface area contributed by atoms with Crippen LogP contribution in [0.5, 0.6) is 11.6 Å². The van der Waals surface area contributed by atoms with Crippen LogP contribution >= 0.6 is 0 Å². The number of hydrogen-bond donors (Lipinski definition) is 1. The Morgan fingerprint density at radius 1 is 0.980 bits per heavy atom. The van der Waals surface area contributed by atoms with Gasteiger partial charge in [0.05, 0.1) is 48.2 Å². The Labute approximate surface area is 285 Å². The molecule has 5 heterocycles. The van der Waals surface area contributed by atoms with E-state index in [1.807, 2.05) is 35.2 Å². The molecule has 0 spiro atoms. The number of aromatic nitrogens is 5. The van der Waals surface area contributed by atoms with Crippen LogP contribution in [0.3, 0.4) is 0 Å². The molecule has 1 N–H and O–H groups in total. The molecule has 2 atom stereocenters. The monoisotopic (exact) mass is 690 g/mol. The number of ether oxygens (including phenoxy) is 2. The molecule has 262 valence electrons. The van der Waals surface area contributed by atoms with Crippen molar-refractivity contribution in [2.24, 2.45) is 5.92 Å². The summed E-state index contributed by atoms with van der Waals surface area (Å²) in [5.41, 5.74) is 2.33. The van der Waals surface area contributed by atoms with Gasteiger partial charge in [0.15, 0.2) is 0 Å². The quantitative estimate of drug-likeness (QED) is 0.248. The van der Waals surface area contributed by atoms with Gasteiger partial charge in [-0.05, 0) is 36.6 Å². The Balaban J connectivity index is 1.22. The fraction of sp³-hybridized carbons (Fsp3) is 0.400. The molecule has 0 radical (unpaired) electrons. The van der Waals surface area contributed by atoms with E-state index in [1.165, 1.54) is 32.4 Å². The van der Waals surface area contributed by atoms with Gasteiger partial charge in [-0.1, -0.05) is 18.2 Å². The number of hydrogen-bond acceptors (Lipinski definition) is 8. The normalized spacial score (nSPS) is 18.7. The zero-order valence-electron chi connectivity index (χ0n) is 27.9. The summed E-state index contributed by atoms with van der Waals surface area (Å²) in [5.74, 6) is -0.114. The molecule has 50 heavy (non-hydrogen) atoms. The number of nitrogens with zero attached hydrogens (tertiary/aromatic N) is 7. The summed E-state index contributed by atoms with van der Waals surface area (Å²) in [6.45, 7) is 4.24. The molecule has 2 aliphatic rings. The average Bonchev–Trinajstić information content (AvgIpc) is 3.87. The minimum atomic E-state index is -4.79. The van der Waals surface area contributed by atoms with Gasteiger partial charge in [-0.25, -0.2) is 15.0 Å². The first-order valence-corrected chi connectivity index (χ1v) is 16.4. The van der Waals surface area contributed by atoms with Crippen LogP contribution in [0.15, 0.2) is 54.7 Å². The van der Waals surface area contributed by atoms with Gasteiger partial charge >= 0.3 is 6.18 Å². The molecule has 5 aromatic rings. The Morgan fingerprint density at radius 3 is 2.54 bits per heavy atom. The third kappa shape index (κ3) is 6.44. The molecule has 0 bridgehead atoms. The van der Waals surface area contributed by atoms with Crippen molar-refractivity contribution in [2.45, 2.75) is 32.1 Å². The summed E-state index contributed by atoms with van der Waals surface area (Å²) in [6, 6.07) is 13.4. The maximum Gasteiger partial charge on any atom is 0.449 e. The first kappa shape index (κ1) is 33.3. The first-order chi connectivity index (χ1) is 24.0. The van der Waals surface area contributed by atoms with E-state index in [4.69, 9.17) is 14.5 Å². The van der Waals surface area contributed by atoms with Crippen molar-refractivity contribution in [3.05, 3.63) is 66.4 Å². The number of pyridine rings is 1. The summed E-state index contributed by atoms with van der Waals surface area (Å²) in [7, 11) is 2.96. The van der Waals surface area contributed by atoms with E-state index in [-0.39, 0.29) is 29.4 Å². The van der Waals surface area contributed by atoms with Crippen molar-refractivity contribution in [3.63, 3.8) is 0 Å². The number of benzene rings is 2. The summed E-state index contributed by atoms with van der Waals surface area (Å²) in [5, 5.41) is 0.904. The van der Waals surface area contributed by atoms with Crippen molar-refractivity contribution in [1.82, 2.24) is 39.2 Å². The fourth-order valence-electron chi connectivity index (χ4n) is 7.09. The van der Waals surface area contributed by atoms with E-state index < -0.39 is 30.5 Å². The van der Waals surface area contributed by atoms with Gasteiger partial charge in [0.1, 0.15) is 24.2 Å². The highest BCUT2D eigenvalue weighted by Gasteiger charge is 2.40. The van der Waals surface area contributed by atoms with Crippen molar-refractivity contribution in [2.75, 3.05) is 53.5 Å². The van der Waals surface area contributed by atoms with Crippen molar-refractivity contribution in [3.8, 4) is 22.9 Å². The van der Waals surface area contributed by atoms with E-state index in [9.17, 15) is 22.8 Å². The number of piperazine rings is 1. The van der Waals surface area contributed by atoms with Gasteiger partial charge < -0.3 is 28.8 Å². The standard InChI is InChI=1S/C35H37F3N8O4/c1-21(47)44-11-10-22(18-44)17-43-12-13-45(31(48)20-46-29-15-24(49-2)8-9-27(29)42-34(46)35(36,37)38)30(19-43)32-39-16-28(40-32)25-14-23-6-4-5-7-26(23)41-33(25)50-3/h4-9,14-16,22,30H,10-13,17-20H2,1-3H3,(H,39,40)/t22?,30-/m0/s1. The van der Waals surface area contributed by atoms with Crippen molar-refractivity contribution >= 4 is 33.8 Å². The first-order valence-electron chi connectivity index (χ1n) is 16.4. The van der Waals surface area contributed by atoms with E-state index in [0.717, 1.165) is 21.9 Å². The number of carbonyl (C=O) groups is 2. The maximum absolute atomic E-state index is 14.2. The van der Waals surface area contributed by atoms with Crippen LogP contribution < -0.4 is 9.47 Å². The number of amides is 2. The van der Waals surface area contributed by atoms with Crippen LogP contribution in [0.4, 0.5) is 13.2 Å². The molecular formula is C35H37F3N8O4. The lowest BCUT2D eigenvalue weighted by atomic mass is 10.1. The van der Waals surface area contributed by atoms with Crippen molar-refractivity contribution < 1.29 is 32.2 Å². The molecule has 3 aromatic heterocycles. The Morgan fingerprint density at radius 2 is 1.80 bits per heavy atom. The molecule has 0 saturated carbocycles. The second-order valence-electron chi connectivity index (χ2n) is 12.8.